The molecule has 0 aromatic carbocycles. The zero-order valence-electron chi connectivity index (χ0n) is 34.4. The van der Waals surface area contributed by atoms with E-state index in [1.165, 1.54) is 87.3 Å². The highest BCUT2D eigenvalue weighted by atomic mass is 16.7. The normalized spacial score (nSPS) is 34.7. The molecule has 8 atom stereocenters. The second-order valence-corrected chi connectivity index (χ2v) is 19.3. The minimum absolute atomic E-state index is 0.0744. The van der Waals surface area contributed by atoms with Crippen LogP contribution >= 0.6 is 0 Å². The first kappa shape index (κ1) is 39.9. The minimum Gasteiger partial charge on any atom is -0.431 e. The Bertz CT molecular complexity index is 1420. The molecule has 0 aromatic rings. The maximum Gasteiger partial charge on any atom is 0.508 e. The second-order valence-electron chi connectivity index (χ2n) is 19.3. The van der Waals surface area contributed by atoms with Gasteiger partial charge in [-0.25, -0.2) is 4.79 Å². The molecule has 284 valence electrons. The van der Waals surface area contributed by atoms with Crippen LogP contribution < -0.4 is 0 Å². The maximum atomic E-state index is 12.7. The Morgan fingerprint density at radius 2 is 1.73 bits per heavy atom. The first-order chi connectivity index (χ1) is 24.1. The molecule has 0 unspecified atom stereocenters. The average Bonchev–Trinajstić information content (AvgIpc) is 3.41. The highest BCUT2D eigenvalue weighted by molar-refractivity contribution is 5.60. The van der Waals surface area contributed by atoms with Gasteiger partial charge in [-0.1, -0.05) is 126 Å². The monoisotopic (exact) mass is 699 g/mol. The smallest absolute Gasteiger partial charge is 0.431 e. The van der Waals surface area contributed by atoms with Crippen molar-refractivity contribution >= 4 is 6.16 Å². The Kier molecular flexibility index (Phi) is 13.1. The Hall–Kier alpha value is -2.29. The van der Waals surface area contributed by atoms with Crippen LogP contribution in [0.3, 0.4) is 0 Å². The molecule has 0 radical (unpaired) electrons. The lowest BCUT2D eigenvalue weighted by molar-refractivity contribution is -0.0613. The number of rotatable bonds is 12. The van der Waals surface area contributed by atoms with Gasteiger partial charge >= 0.3 is 6.16 Å². The van der Waals surface area contributed by atoms with E-state index in [2.05, 4.69) is 98.8 Å². The fourth-order valence-corrected chi connectivity index (χ4v) is 11.9. The number of fused-ring (bicyclic) bond motifs is 5. The molecule has 0 heterocycles. The van der Waals surface area contributed by atoms with E-state index in [1.807, 2.05) is 13.0 Å². The zero-order valence-corrected chi connectivity index (χ0v) is 34.4. The van der Waals surface area contributed by atoms with Crippen molar-refractivity contribution in [2.75, 3.05) is 6.61 Å². The standard InChI is InChI=1S/C48H74O3/c1-33(2)14-11-17-37(6)42-23-24-43-40-21-20-38-32-39(25-29-47(38,9)44(40)26-30-48(42,43)10)51-45(49)50-31-27-35(4)16-12-15-34(3)19-22-41-36(5)18-13-28-46(41,7)8/h12,15-16,19-20,22,27,33,37,39-40,42-44H,11,13-14,17-18,21,23-26,28-32H2,1-10H3/b16-12+,22-19+,34-15+,35-27+/t37-,39+,40+,42-,43+,44+,47+,48-/m1/s1. The lowest BCUT2D eigenvalue weighted by Gasteiger charge is -2.58. The van der Waals surface area contributed by atoms with Gasteiger partial charge in [0.25, 0.3) is 0 Å². The quantitative estimate of drug-likeness (QED) is 0.116. The van der Waals surface area contributed by atoms with E-state index in [9.17, 15) is 4.79 Å². The van der Waals surface area contributed by atoms with Crippen molar-refractivity contribution in [1.82, 2.24) is 0 Å². The van der Waals surface area contributed by atoms with Crippen LogP contribution in [-0.4, -0.2) is 18.9 Å². The number of hydrogen-bond donors (Lipinski definition) is 0. The molecule has 0 bridgehead atoms. The lowest BCUT2D eigenvalue weighted by Crippen LogP contribution is -2.51. The Morgan fingerprint density at radius 3 is 2.47 bits per heavy atom. The van der Waals surface area contributed by atoms with Crippen LogP contribution in [0.1, 0.15) is 159 Å². The van der Waals surface area contributed by atoms with Crippen molar-refractivity contribution in [2.45, 2.75) is 165 Å². The highest BCUT2D eigenvalue weighted by Gasteiger charge is 2.59. The predicted octanol–water partition coefficient (Wildman–Crippen LogP) is 14.1. The Balaban J connectivity index is 1.08. The van der Waals surface area contributed by atoms with Crippen LogP contribution in [0.4, 0.5) is 4.79 Å². The van der Waals surface area contributed by atoms with Crippen LogP contribution in [0.2, 0.25) is 0 Å². The summed E-state index contributed by atoms with van der Waals surface area (Å²) < 4.78 is 11.4. The third-order valence-corrected chi connectivity index (χ3v) is 14.9. The van der Waals surface area contributed by atoms with E-state index < -0.39 is 6.16 Å². The van der Waals surface area contributed by atoms with Gasteiger partial charge in [0.2, 0.25) is 0 Å². The summed E-state index contributed by atoms with van der Waals surface area (Å²) in [6.07, 6.45) is 32.5. The van der Waals surface area contributed by atoms with Crippen LogP contribution in [0.15, 0.2) is 70.4 Å². The van der Waals surface area contributed by atoms with Gasteiger partial charge in [-0.3, -0.25) is 0 Å². The minimum atomic E-state index is -0.532. The summed E-state index contributed by atoms with van der Waals surface area (Å²) >= 11 is 0. The van der Waals surface area contributed by atoms with E-state index in [-0.39, 0.29) is 23.5 Å². The van der Waals surface area contributed by atoms with Crippen LogP contribution in [-0.2, 0) is 9.47 Å². The fraction of sp³-hybridized carbons (Fsp3) is 0.729. The lowest BCUT2D eigenvalue weighted by atomic mass is 9.47. The van der Waals surface area contributed by atoms with Gasteiger partial charge in [0.1, 0.15) is 12.7 Å². The van der Waals surface area contributed by atoms with E-state index in [0.717, 1.165) is 60.3 Å². The van der Waals surface area contributed by atoms with Crippen molar-refractivity contribution in [2.24, 2.45) is 51.8 Å². The Morgan fingerprint density at radius 1 is 0.941 bits per heavy atom. The first-order valence-corrected chi connectivity index (χ1v) is 21.1. The van der Waals surface area contributed by atoms with Crippen molar-refractivity contribution in [3.05, 3.63) is 70.4 Å². The van der Waals surface area contributed by atoms with Gasteiger partial charge in [-0.15, -0.1) is 0 Å². The predicted molar refractivity (Wildman–Crippen MR) is 215 cm³/mol. The number of ether oxygens (including phenoxy) is 2. The van der Waals surface area contributed by atoms with Gasteiger partial charge in [-0.2, -0.15) is 0 Å². The van der Waals surface area contributed by atoms with Gasteiger partial charge in [0.15, 0.2) is 0 Å². The zero-order chi connectivity index (χ0) is 37.0. The van der Waals surface area contributed by atoms with Crippen molar-refractivity contribution < 1.29 is 14.3 Å². The van der Waals surface area contributed by atoms with Gasteiger partial charge in [0, 0.05) is 6.42 Å². The molecular formula is C48H74O3. The third kappa shape index (κ3) is 9.27. The first-order valence-electron chi connectivity index (χ1n) is 21.1. The van der Waals surface area contributed by atoms with E-state index in [0.29, 0.717) is 5.41 Å². The molecule has 3 heteroatoms. The van der Waals surface area contributed by atoms with Gasteiger partial charge in [0.05, 0.1) is 0 Å². The molecule has 0 aliphatic heterocycles. The number of allylic oxidation sites excluding steroid dienone is 10. The van der Waals surface area contributed by atoms with Gasteiger partial charge in [-0.05, 0) is 148 Å². The number of hydrogen-bond acceptors (Lipinski definition) is 3. The summed E-state index contributed by atoms with van der Waals surface area (Å²) in [7, 11) is 0. The third-order valence-electron chi connectivity index (χ3n) is 14.9. The van der Waals surface area contributed by atoms with Crippen molar-refractivity contribution in [1.29, 1.82) is 0 Å². The molecule has 3 nitrogen and oxygen atoms in total. The van der Waals surface area contributed by atoms with Crippen LogP contribution in [0.25, 0.3) is 0 Å². The van der Waals surface area contributed by atoms with Crippen LogP contribution in [0, 0.1) is 51.8 Å². The molecule has 0 aromatic heterocycles. The number of carbonyl (C=O) groups excluding carboxylic acids is 1. The van der Waals surface area contributed by atoms with Gasteiger partial charge < -0.3 is 9.47 Å². The summed E-state index contributed by atoms with van der Waals surface area (Å²) in [6, 6.07) is 0. The van der Waals surface area contributed by atoms with Crippen molar-refractivity contribution in [3.8, 4) is 0 Å². The molecule has 5 rings (SSSR count). The fourth-order valence-electron chi connectivity index (χ4n) is 11.9. The summed E-state index contributed by atoms with van der Waals surface area (Å²) in [4.78, 5) is 12.7. The summed E-state index contributed by atoms with van der Waals surface area (Å²) in [6.45, 7) is 24.0. The van der Waals surface area contributed by atoms with Crippen LogP contribution in [0.5, 0.6) is 0 Å². The molecule has 3 fully saturated rings. The SMILES string of the molecule is CC1=C(/C=C/C(C)=C/C=C/C(C)=C/COC(=O)O[C@H]2CC[C@@]3(C)C(=CC[C@H]4[C@@H]5CC[C@H]([C@H](C)CCCC(C)C)[C@@]5(C)CC[C@@H]43)C2)C(C)(C)CCC1. The highest BCUT2D eigenvalue weighted by Crippen LogP contribution is 2.67. The van der Waals surface area contributed by atoms with E-state index in [1.54, 1.807) is 5.57 Å². The molecular weight excluding hydrogens is 625 g/mol. The molecule has 0 spiro atoms. The molecule has 3 saturated carbocycles. The molecule has 5 aliphatic rings. The average molecular weight is 699 g/mol. The molecule has 0 saturated heterocycles. The molecule has 0 N–H and O–H groups in total. The maximum absolute atomic E-state index is 12.7. The second kappa shape index (κ2) is 16.8. The molecule has 51 heavy (non-hydrogen) atoms. The molecule has 5 aliphatic carbocycles. The van der Waals surface area contributed by atoms with E-state index >= 15 is 0 Å². The number of carbonyl (C=O) groups is 1. The summed E-state index contributed by atoms with van der Waals surface area (Å²) in [5.41, 5.74) is 7.89. The van der Waals surface area contributed by atoms with E-state index in [4.69, 9.17) is 9.47 Å². The topological polar surface area (TPSA) is 35.5 Å². The summed E-state index contributed by atoms with van der Waals surface area (Å²) in [5.74, 6) is 5.04. The van der Waals surface area contributed by atoms with Crippen molar-refractivity contribution in [3.63, 3.8) is 0 Å². The largest absolute Gasteiger partial charge is 0.508 e. The summed E-state index contributed by atoms with van der Waals surface area (Å²) in [5, 5.41) is 0. The molecule has 0 amide bonds. The Labute approximate surface area is 313 Å².